The Kier molecular flexibility index (Phi) is 2.46. The van der Waals surface area contributed by atoms with Crippen LogP contribution in [0.2, 0.25) is 0 Å². The SMILES string of the molecule is Brc1cc(C2CCNCC2)[nH]n1. The lowest BCUT2D eigenvalue weighted by atomic mass is 9.95. The van der Waals surface area contributed by atoms with Crippen LogP contribution < -0.4 is 5.32 Å². The van der Waals surface area contributed by atoms with Crippen LogP contribution in [0, 0.1) is 0 Å². The zero-order valence-electron chi connectivity index (χ0n) is 6.81. The van der Waals surface area contributed by atoms with E-state index in [9.17, 15) is 0 Å². The minimum absolute atomic E-state index is 0.671. The Hall–Kier alpha value is -0.350. The summed E-state index contributed by atoms with van der Waals surface area (Å²) in [6.45, 7) is 2.25. The average Bonchev–Trinajstić information content (AvgIpc) is 2.54. The monoisotopic (exact) mass is 229 g/mol. The van der Waals surface area contributed by atoms with Crippen LogP contribution in [-0.2, 0) is 0 Å². The first-order valence-corrected chi connectivity index (χ1v) is 5.07. The molecule has 2 rings (SSSR count). The van der Waals surface area contributed by atoms with Crippen LogP contribution in [0.5, 0.6) is 0 Å². The molecule has 0 aliphatic carbocycles. The first-order chi connectivity index (χ1) is 5.86. The molecule has 1 aliphatic rings. The molecule has 0 aromatic carbocycles. The van der Waals surface area contributed by atoms with Gasteiger partial charge in [0, 0.05) is 11.6 Å². The van der Waals surface area contributed by atoms with E-state index in [0.29, 0.717) is 5.92 Å². The summed E-state index contributed by atoms with van der Waals surface area (Å²) in [6.07, 6.45) is 2.43. The maximum absolute atomic E-state index is 4.06. The van der Waals surface area contributed by atoms with Gasteiger partial charge in [0.15, 0.2) is 0 Å². The van der Waals surface area contributed by atoms with E-state index >= 15 is 0 Å². The lowest BCUT2D eigenvalue weighted by molar-refractivity contribution is 0.453. The van der Waals surface area contributed by atoms with Gasteiger partial charge in [-0.25, -0.2) is 0 Å². The number of hydrogen-bond donors (Lipinski definition) is 2. The summed E-state index contributed by atoms with van der Waals surface area (Å²) in [4.78, 5) is 0. The van der Waals surface area contributed by atoms with E-state index in [1.165, 1.54) is 18.5 Å². The van der Waals surface area contributed by atoms with Crippen LogP contribution in [0.4, 0.5) is 0 Å². The van der Waals surface area contributed by atoms with Gasteiger partial charge in [0.25, 0.3) is 0 Å². The molecule has 0 spiro atoms. The second-order valence-corrected chi connectivity index (χ2v) is 3.98. The predicted octanol–water partition coefficient (Wildman–Crippen LogP) is 1.64. The Morgan fingerprint density at radius 2 is 2.17 bits per heavy atom. The highest BCUT2D eigenvalue weighted by Gasteiger charge is 2.16. The Morgan fingerprint density at radius 1 is 1.42 bits per heavy atom. The number of aromatic amines is 1. The summed E-state index contributed by atoms with van der Waals surface area (Å²) in [6, 6.07) is 2.08. The van der Waals surface area contributed by atoms with Crippen LogP contribution in [0.15, 0.2) is 10.7 Å². The molecule has 0 atom stereocenters. The molecule has 3 nitrogen and oxygen atoms in total. The number of halogens is 1. The number of H-pyrrole nitrogens is 1. The van der Waals surface area contributed by atoms with E-state index in [4.69, 9.17) is 0 Å². The van der Waals surface area contributed by atoms with Gasteiger partial charge in [0.2, 0.25) is 0 Å². The number of nitrogens with zero attached hydrogens (tertiary/aromatic N) is 1. The van der Waals surface area contributed by atoms with E-state index in [0.717, 1.165) is 17.7 Å². The molecule has 2 heterocycles. The first-order valence-electron chi connectivity index (χ1n) is 4.28. The van der Waals surface area contributed by atoms with E-state index in [2.05, 4.69) is 37.5 Å². The summed E-state index contributed by atoms with van der Waals surface area (Å²) in [5.74, 6) is 0.671. The molecule has 0 unspecified atom stereocenters. The molecular weight excluding hydrogens is 218 g/mol. The highest BCUT2D eigenvalue weighted by atomic mass is 79.9. The summed E-state index contributed by atoms with van der Waals surface area (Å²) >= 11 is 3.34. The van der Waals surface area contributed by atoms with Crippen LogP contribution in [0.3, 0.4) is 0 Å². The van der Waals surface area contributed by atoms with Gasteiger partial charge in [0.1, 0.15) is 4.60 Å². The third kappa shape index (κ3) is 1.69. The second kappa shape index (κ2) is 3.58. The third-order valence-electron chi connectivity index (χ3n) is 2.35. The molecule has 1 fully saturated rings. The molecule has 1 saturated heterocycles. The molecule has 1 aliphatic heterocycles. The number of nitrogens with one attached hydrogen (secondary N) is 2. The molecular formula is C8H12BrN3. The second-order valence-electron chi connectivity index (χ2n) is 3.17. The molecule has 1 aromatic heterocycles. The Bertz CT molecular complexity index is 253. The fourth-order valence-corrected chi connectivity index (χ4v) is 1.99. The summed E-state index contributed by atoms with van der Waals surface area (Å²) in [7, 11) is 0. The Labute approximate surface area is 80.1 Å². The lowest BCUT2D eigenvalue weighted by Gasteiger charge is -2.20. The maximum Gasteiger partial charge on any atom is 0.128 e. The van der Waals surface area contributed by atoms with Crippen molar-refractivity contribution in [3.63, 3.8) is 0 Å². The lowest BCUT2D eigenvalue weighted by Crippen LogP contribution is -2.26. The van der Waals surface area contributed by atoms with Crippen molar-refractivity contribution in [1.82, 2.24) is 15.5 Å². The maximum atomic E-state index is 4.06. The normalized spacial score (nSPS) is 19.8. The van der Waals surface area contributed by atoms with Crippen molar-refractivity contribution in [1.29, 1.82) is 0 Å². The summed E-state index contributed by atoms with van der Waals surface area (Å²) in [5.41, 5.74) is 1.27. The third-order valence-corrected chi connectivity index (χ3v) is 2.75. The molecule has 0 radical (unpaired) electrons. The van der Waals surface area contributed by atoms with Gasteiger partial charge in [-0.2, -0.15) is 5.10 Å². The minimum Gasteiger partial charge on any atom is -0.317 e. The predicted molar refractivity (Wildman–Crippen MR) is 51.1 cm³/mol. The summed E-state index contributed by atoms with van der Waals surface area (Å²) in [5, 5.41) is 10.5. The summed E-state index contributed by atoms with van der Waals surface area (Å²) < 4.78 is 0.913. The number of rotatable bonds is 1. The van der Waals surface area contributed by atoms with Crippen molar-refractivity contribution >= 4 is 15.9 Å². The van der Waals surface area contributed by atoms with E-state index < -0.39 is 0 Å². The van der Waals surface area contributed by atoms with Gasteiger partial charge < -0.3 is 5.32 Å². The highest BCUT2D eigenvalue weighted by molar-refractivity contribution is 9.10. The van der Waals surface area contributed by atoms with Gasteiger partial charge in [-0.3, -0.25) is 5.10 Å². The zero-order valence-corrected chi connectivity index (χ0v) is 8.39. The number of hydrogen-bond acceptors (Lipinski definition) is 2. The van der Waals surface area contributed by atoms with Crippen molar-refractivity contribution in [2.24, 2.45) is 0 Å². The van der Waals surface area contributed by atoms with Crippen molar-refractivity contribution in [2.45, 2.75) is 18.8 Å². The standard InChI is InChI=1S/C8H12BrN3/c9-8-5-7(11-12-8)6-1-3-10-4-2-6/h5-6,10H,1-4H2,(H,11,12). The average molecular weight is 230 g/mol. The molecule has 0 bridgehead atoms. The largest absolute Gasteiger partial charge is 0.317 e. The fraction of sp³-hybridized carbons (Fsp3) is 0.625. The van der Waals surface area contributed by atoms with Gasteiger partial charge in [0.05, 0.1) is 0 Å². The van der Waals surface area contributed by atoms with Crippen molar-refractivity contribution < 1.29 is 0 Å². The number of piperidine rings is 1. The smallest absolute Gasteiger partial charge is 0.128 e. The van der Waals surface area contributed by atoms with Crippen molar-refractivity contribution in [2.75, 3.05) is 13.1 Å². The Balaban J connectivity index is 2.08. The van der Waals surface area contributed by atoms with E-state index in [1.54, 1.807) is 0 Å². The fourth-order valence-electron chi connectivity index (χ4n) is 1.65. The van der Waals surface area contributed by atoms with Crippen molar-refractivity contribution in [3.8, 4) is 0 Å². The topological polar surface area (TPSA) is 40.7 Å². The van der Waals surface area contributed by atoms with Gasteiger partial charge in [-0.05, 0) is 47.9 Å². The molecule has 0 saturated carbocycles. The Morgan fingerprint density at radius 3 is 2.75 bits per heavy atom. The molecule has 1 aromatic rings. The molecule has 0 amide bonds. The molecule has 4 heteroatoms. The number of aromatic nitrogens is 2. The molecule has 2 N–H and O–H groups in total. The van der Waals surface area contributed by atoms with Crippen LogP contribution >= 0.6 is 15.9 Å². The van der Waals surface area contributed by atoms with Crippen LogP contribution in [-0.4, -0.2) is 23.3 Å². The van der Waals surface area contributed by atoms with Gasteiger partial charge >= 0.3 is 0 Å². The van der Waals surface area contributed by atoms with E-state index in [-0.39, 0.29) is 0 Å². The van der Waals surface area contributed by atoms with Crippen molar-refractivity contribution in [3.05, 3.63) is 16.4 Å². The highest BCUT2D eigenvalue weighted by Crippen LogP contribution is 2.24. The zero-order chi connectivity index (χ0) is 8.39. The minimum atomic E-state index is 0.671. The van der Waals surface area contributed by atoms with Crippen LogP contribution in [0.25, 0.3) is 0 Å². The quantitative estimate of drug-likeness (QED) is 0.769. The van der Waals surface area contributed by atoms with Crippen LogP contribution in [0.1, 0.15) is 24.5 Å². The molecule has 66 valence electrons. The van der Waals surface area contributed by atoms with Gasteiger partial charge in [-0.15, -0.1) is 0 Å². The molecule has 12 heavy (non-hydrogen) atoms. The first kappa shape index (κ1) is 8.26. The van der Waals surface area contributed by atoms with Gasteiger partial charge in [-0.1, -0.05) is 0 Å². The van der Waals surface area contributed by atoms with E-state index in [1.807, 2.05) is 0 Å².